The zero-order chi connectivity index (χ0) is 20.9. The van der Waals surface area contributed by atoms with Crippen LogP contribution in [0.1, 0.15) is 21.5 Å². The van der Waals surface area contributed by atoms with Crippen LogP contribution >= 0.6 is 0 Å². The van der Waals surface area contributed by atoms with Gasteiger partial charge in [-0.1, -0.05) is 24.3 Å². The first-order chi connectivity index (χ1) is 13.2. The predicted octanol–water partition coefficient (Wildman–Crippen LogP) is 3.79. The third-order valence-electron chi connectivity index (χ3n) is 3.56. The lowest BCUT2D eigenvalue weighted by molar-refractivity contribution is -0.139. The molecule has 0 saturated heterocycles. The first-order valence-corrected chi connectivity index (χ1v) is 7.73. The minimum absolute atomic E-state index is 0.250. The highest BCUT2D eigenvalue weighted by Gasteiger charge is 2.33. The van der Waals surface area contributed by atoms with Crippen molar-refractivity contribution >= 4 is 18.0 Å². The van der Waals surface area contributed by atoms with Crippen LogP contribution in [0.15, 0.2) is 48.2 Å². The summed E-state index contributed by atoms with van der Waals surface area (Å²) < 4.78 is 53.8. The molecule has 0 radical (unpaired) electrons. The van der Waals surface area contributed by atoms with E-state index in [1.807, 2.05) is 0 Å². The number of methoxy groups -OCH3 is 2. The molecule has 0 unspecified atom stereocenters. The maximum atomic E-state index is 13.2. The van der Waals surface area contributed by atoms with Gasteiger partial charge in [-0.05, 0) is 29.8 Å². The van der Waals surface area contributed by atoms with Gasteiger partial charge in [-0.25, -0.2) is 9.59 Å². The van der Waals surface area contributed by atoms with Crippen LogP contribution in [0.4, 0.5) is 13.2 Å². The number of esters is 2. The number of phenolic OH excluding ortho intramolecular Hbond substituents is 1. The maximum absolute atomic E-state index is 13.2. The Morgan fingerprint density at radius 1 is 1.00 bits per heavy atom. The van der Waals surface area contributed by atoms with Crippen LogP contribution < -0.4 is 4.74 Å². The molecular formula is C19H15F3O6. The van der Waals surface area contributed by atoms with Crippen molar-refractivity contribution in [3.05, 3.63) is 64.9 Å². The largest absolute Gasteiger partial charge is 0.504 e. The Kier molecular flexibility index (Phi) is 6.29. The zero-order valence-electron chi connectivity index (χ0n) is 14.7. The number of aromatic hydroxyl groups is 1. The lowest BCUT2D eigenvalue weighted by Crippen LogP contribution is -2.13. The lowest BCUT2D eigenvalue weighted by Gasteiger charge is -2.13. The molecule has 0 aliphatic rings. The summed E-state index contributed by atoms with van der Waals surface area (Å²) in [4.78, 5) is 23.6. The Labute approximate surface area is 157 Å². The molecule has 1 N–H and O–H groups in total. The smallest absolute Gasteiger partial charge is 0.416 e. The van der Waals surface area contributed by atoms with Crippen LogP contribution in [-0.4, -0.2) is 31.3 Å². The quantitative estimate of drug-likeness (QED) is 0.471. The molecule has 2 aromatic carbocycles. The summed E-state index contributed by atoms with van der Waals surface area (Å²) in [5.41, 5.74) is -1.59. The number of halogens is 3. The zero-order valence-corrected chi connectivity index (χ0v) is 14.7. The summed E-state index contributed by atoms with van der Waals surface area (Å²) in [6, 6.07) is 8.33. The molecule has 0 spiro atoms. The van der Waals surface area contributed by atoms with E-state index in [2.05, 4.69) is 9.47 Å². The molecular weight excluding hydrogens is 381 g/mol. The number of phenols is 1. The number of para-hydroxylation sites is 1. The summed E-state index contributed by atoms with van der Waals surface area (Å²) in [6.45, 7) is 0. The number of rotatable bonds is 5. The average molecular weight is 396 g/mol. The third-order valence-corrected chi connectivity index (χ3v) is 3.56. The Bertz CT molecular complexity index is 918. The van der Waals surface area contributed by atoms with E-state index in [0.717, 1.165) is 32.4 Å². The minimum Gasteiger partial charge on any atom is -0.504 e. The Balaban J connectivity index is 2.53. The Morgan fingerprint density at radius 2 is 1.68 bits per heavy atom. The third kappa shape index (κ3) is 4.61. The molecule has 0 amide bonds. The van der Waals surface area contributed by atoms with E-state index in [1.54, 1.807) is 0 Å². The number of hydrogen-bond acceptors (Lipinski definition) is 6. The molecule has 28 heavy (non-hydrogen) atoms. The minimum atomic E-state index is -4.67. The second-order valence-corrected chi connectivity index (χ2v) is 5.33. The molecule has 2 aromatic rings. The molecule has 9 heteroatoms. The molecule has 0 saturated carbocycles. The van der Waals surface area contributed by atoms with Gasteiger partial charge in [0.2, 0.25) is 5.76 Å². The van der Waals surface area contributed by atoms with Gasteiger partial charge in [0.1, 0.15) is 5.56 Å². The van der Waals surface area contributed by atoms with Gasteiger partial charge in [0, 0.05) is 0 Å². The van der Waals surface area contributed by atoms with E-state index in [1.165, 1.54) is 30.3 Å². The highest BCUT2D eigenvalue weighted by Crippen LogP contribution is 2.35. The molecule has 0 aromatic heterocycles. The molecule has 0 heterocycles. The van der Waals surface area contributed by atoms with Crippen LogP contribution in [0.2, 0.25) is 0 Å². The monoisotopic (exact) mass is 396 g/mol. The summed E-state index contributed by atoms with van der Waals surface area (Å²) in [6.07, 6.45) is -3.83. The number of ether oxygens (including phenoxy) is 3. The van der Waals surface area contributed by atoms with Gasteiger partial charge in [-0.15, -0.1) is 0 Å². The fourth-order valence-electron chi connectivity index (χ4n) is 2.25. The van der Waals surface area contributed by atoms with Crippen LogP contribution in [0.25, 0.3) is 6.08 Å². The Hall–Kier alpha value is -3.49. The van der Waals surface area contributed by atoms with E-state index >= 15 is 0 Å². The van der Waals surface area contributed by atoms with Gasteiger partial charge >= 0.3 is 18.1 Å². The normalized spacial score (nSPS) is 11.7. The van der Waals surface area contributed by atoms with Crippen molar-refractivity contribution < 1.29 is 42.1 Å². The topological polar surface area (TPSA) is 82.1 Å². The summed E-state index contributed by atoms with van der Waals surface area (Å²) in [5.74, 6) is -3.57. The molecule has 0 atom stereocenters. The van der Waals surface area contributed by atoms with E-state index in [0.29, 0.717) is 0 Å². The number of carbonyl (C=O) groups is 2. The number of alkyl halides is 3. The van der Waals surface area contributed by atoms with Crippen LogP contribution in [-0.2, 0) is 20.4 Å². The molecule has 2 rings (SSSR count). The number of hydrogen-bond donors (Lipinski definition) is 1. The standard InChI is InChI=1S/C19H15F3O6/c1-26-17(24)12-7-5-9-14(16(12)23)28-15(18(25)27-2)10-11-6-3-4-8-13(11)19(20,21)22/h3-10,23H,1-2H3/b15-10+. The number of carbonyl (C=O) groups excluding carboxylic acids is 2. The van der Waals surface area contributed by atoms with Gasteiger partial charge in [-0.3, -0.25) is 0 Å². The second-order valence-electron chi connectivity index (χ2n) is 5.33. The average Bonchev–Trinajstić information content (AvgIpc) is 2.67. The fourth-order valence-corrected chi connectivity index (χ4v) is 2.25. The van der Waals surface area contributed by atoms with Crippen LogP contribution in [0.5, 0.6) is 11.5 Å². The first kappa shape index (κ1) is 20.8. The number of benzene rings is 2. The van der Waals surface area contributed by atoms with Crippen molar-refractivity contribution in [1.82, 2.24) is 0 Å². The van der Waals surface area contributed by atoms with E-state index in [4.69, 9.17) is 4.74 Å². The van der Waals surface area contributed by atoms with Crippen molar-refractivity contribution in [2.75, 3.05) is 14.2 Å². The SMILES string of the molecule is COC(=O)/C(=C\c1ccccc1C(F)(F)F)Oc1cccc(C(=O)OC)c1O. The molecule has 148 valence electrons. The summed E-state index contributed by atoms with van der Waals surface area (Å²) in [7, 11) is 2.11. The van der Waals surface area contributed by atoms with Crippen molar-refractivity contribution in [1.29, 1.82) is 0 Å². The van der Waals surface area contributed by atoms with Crippen LogP contribution in [0.3, 0.4) is 0 Å². The molecule has 0 bridgehead atoms. The molecule has 6 nitrogen and oxygen atoms in total. The van der Waals surface area contributed by atoms with E-state index in [9.17, 15) is 27.9 Å². The van der Waals surface area contributed by atoms with Crippen molar-refractivity contribution in [2.24, 2.45) is 0 Å². The van der Waals surface area contributed by atoms with E-state index in [-0.39, 0.29) is 16.9 Å². The highest BCUT2D eigenvalue weighted by molar-refractivity contribution is 5.94. The lowest BCUT2D eigenvalue weighted by atomic mass is 10.1. The van der Waals surface area contributed by atoms with Crippen LogP contribution in [0, 0.1) is 0 Å². The van der Waals surface area contributed by atoms with Gasteiger partial charge in [-0.2, -0.15) is 13.2 Å². The van der Waals surface area contributed by atoms with Gasteiger partial charge in [0.05, 0.1) is 19.8 Å². The predicted molar refractivity (Wildman–Crippen MR) is 91.5 cm³/mol. The molecule has 0 fully saturated rings. The molecule has 0 aliphatic heterocycles. The summed E-state index contributed by atoms with van der Waals surface area (Å²) in [5, 5.41) is 10.2. The van der Waals surface area contributed by atoms with Crippen molar-refractivity contribution in [3.8, 4) is 11.5 Å². The first-order valence-electron chi connectivity index (χ1n) is 7.73. The van der Waals surface area contributed by atoms with Gasteiger partial charge in [0.15, 0.2) is 11.5 Å². The summed E-state index contributed by atoms with van der Waals surface area (Å²) >= 11 is 0. The maximum Gasteiger partial charge on any atom is 0.416 e. The van der Waals surface area contributed by atoms with Crippen molar-refractivity contribution in [2.45, 2.75) is 6.18 Å². The second kappa shape index (κ2) is 8.47. The highest BCUT2D eigenvalue weighted by atomic mass is 19.4. The van der Waals surface area contributed by atoms with E-state index < -0.39 is 35.2 Å². The molecule has 0 aliphatic carbocycles. The fraction of sp³-hybridized carbons (Fsp3) is 0.158. The Morgan fingerprint density at radius 3 is 2.29 bits per heavy atom. The van der Waals surface area contributed by atoms with Gasteiger partial charge in [0.25, 0.3) is 0 Å². The van der Waals surface area contributed by atoms with Gasteiger partial charge < -0.3 is 19.3 Å². The van der Waals surface area contributed by atoms with Crippen molar-refractivity contribution in [3.63, 3.8) is 0 Å².